The van der Waals surface area contributed by atoms with E-state index in [0.717, 1.165) is 36.8 Å². The number of halogens is 1. The van der Waals surface area contributed by atoms with E-state index in [1.807, 2.05) is 24.3 Å². The minimum Gasteiger partial charge on any atom is -0.487 e. The van der Waals surface area contributed by atoms with Crippen molar-refractivity contribution in [3.8, 4) is 5.75 Å². The van der Waals surface area contributed by atoms with Gasteiger partial charge in [0.25, 0.3) is 0 Å². The summed E-state index contributed by atoms with van der Waals surface area (Å²) in [6.45, 7) is 3.82. The number of hydrogen-bond acceptors (Lipinski definition) is 3. The van der Waals surface area contributed by atoms with Crippen LogP contribution in [0.2, 0.25) is 5.02 Å². The molecule has 0 aliphatic heterocycles. The van der Waals surface area contributed by atoms with Crippen LogP contribution in [0.4, 0.5) is 0 Å². The fourth-order valence-electron chi connectivity index (χ4n) is 3.74. The molecule has 0 radical (unpaired) electrons. The molecular weight excluding hydrogens is 382 g/mol. The van der Waals surface area contributed by atoms with Crippen LogP contribution in [0.5, 0.6) is 5.75 Å². The number of rotatable bonds is 10. The van der Waals surface area contributed by atoms with E-state index in [0.29, 0.717) is 6.61 Å². The number of benzene rings is 2. The zero-order chi connectivity index (χ0) is 20.8. The summed E-state index contributed by atoms with van der Waals surface area (Å²) in [5.41, 5.74) is 3.88. The van der Waals surface area contributed by atoms with Crippen LogP contribution in [0.3, 0.4) is 0 Å². The third kappa shape index (κ3) is 5.75. The zero-order valence-corrected chi connectivity index (χ0v) is 18.7. The smallest absolute Gasteiger partial charge is 0.128 e. The van der Waals surface area contributed by atoms with Gasteiger partial charge in [-0.2, -0.15) is 0 Å². The van der Waals surface area contributed by atoms with Crippen molar-refractivity contribution >= 4 is 22.5 Å². The number of likely N-dealkylation sites (N-methyl/N-ethyl adjacent to an activating group) is 1. The number of ether oxygens (including phenoxy) is 1. The van der Waals surface area contributed by atoms with Crippen molar-refractivity contribution in [3.63, 3.8) is 0 Å². The molecule has 0 atom stereocenters. The summed E-state index contributed by atoms with van der Waals surface area (Å²) in [5, 5.41) is 2.05. The Hall–Kier alpha value is -2.01. The summed E-state index contributed by atoms with van der Waals surface area (Å²) in [6.07, 6.45) is 2.20. The fourth-order valence-corrected chi connectivity index (χ4v) is 3.87. The van der Waals surface area contributed by atoms with Crippen molar-refractivity contribution in [1.82, 2.24) is 14.4 Å². The minimum absolute atomic E-state index is 0.548. The van der Waals surface area contributed by atoms with Crippen molar-refractivity contribution in [2.24, 2.45) is 7.05 Å². The largest absolute Gasteiger partial charge is 0.487 e. The molecule has 0 saturated carbocycles. The third-order valence-electron chi connectivity index (χ3n) is 5.42. The number of fused-ring (bicyclic) bond motifs is 1. The van der Waals surface area contributed by atoms with Crippen LogP contribution in [0.1, 0.15) is 17.7 Å². The molecule has 0 unspecified atom stereocenters. The molecule has 5 heteroatoms. The molecule has 4 nitrogen and oxygen atoms in total. The average Bonchev–Trinajstić information content (AvgIpc) is 2.97. The Morgan fingerprint density at radius 3 is 2.38 bits per heavy atom. The van der Waals surface area contributed by atoms with Crippen molar-refractivity contribution in [3.05, 3.63) is 64.8 Å². The second-order valence-electron chi connectivity index (χ2n) is 7.95. The van der Waals surface area contributed by atoms with Gasteiger partial charge in [-0.1, -0.05) is 29.8 Å². The normalized spacial score (nSPS) is 11.7. The molecule has 0 spiro atoms. The van der Waals surface area contributed by atoms with E-state index in [1.165, 1.54) is 28.6 Å². The SMILES string of the molecule is CN(C)CCCN(C)CCc1c(COc2ccc(Cl)cc2)n(C)c2ccccc12. The van der Waals surface area contributed by atoms with E-state index in [9.17, 15) is 0 Å². The lowest BCUT2D eigenvalue weighted by molar-refractivity contribution is 0.291. The number of para-hydroxylation sites is 1. The maximum absolute atomic E-state index is 6.10. The van der Waals surface area contributed by atoms with Crippen LogP contribution in [-0.2, 0) is 20.1 Å². The predicted octanol–water partition coefficient (Wildman–Crippen LogP) is 4.84. The van der Waals surface area contributed by atoms with Crippen LogP contribution in [0.15, 0.2) is 48.5 Å². The van der Waals surface area contributed by atoms with Crippen LogP contribution in [0, 0.1) is 0 Å². The standard InChI is InChI=1S/C24H32ClN3O/c1-26(2)15-7-16-27(3)17-14-22-21-8-5-6-9-23(21)28(4)24(22)18-29-20-12-10-19(25)11-13-20/h5-6,8-13H,7,14-18H2,1-4H3. The van der Waals surface area contributed by atoms with E-state index in [-0.39, 0.29) is 0 Å². The zero-order valence-electron chi connectivity index (χ0n) is 18.0. The molecule has 0 bridgehead atoms. The quantitative estimate of drug-likeness (QED) is 0.474. The van der Waals surface area contributed by atoms with Crippen LogP contribution >= 0.6 is 11.6 Å². The number of nitrogens with zero attached hydrogens (tertiary/aromatic N) is 3. The van der Waals surface area contributed by atoms with Crippen LogP contribution in [-0.4, -0.2) is 55.1 Å². The summed E-state index contributed by atoms with van der Waals surface area (Å²) >= 11 is 5.99. The van der Waals surface area contributed by atoms with E-state index in [2.05, 4.69) is 66.8 Å². The van der Waals surface area contributed by atoms with Gasteiger partial charge in [-0.25, -0.2) is 0 Å². The van der Waals surface area contributed by atoms with E-state index in [1.54, 1.807) is 0 Å². The van der Waals surface area contributed by atoms with Crippen molar-refractivity contribution in [2.75, 3.05) is 40.8 Å². The fraction of sp³-hybridized carbons (Fsp3) is 0.417. The molecule has 0 amide bonds. The van der Waals surface area contributed by atoms with Crippen molar-refractivity contribution in [2.45, 2.75) is 19.4 Å². The Kier molecular flexibility index (Phi) is 7.59. The lowest BCUT2D eigenvalue weighted by Gasteiger charge is -2.18. The topological polar surface area (TPSA) is 20.6 Å². The Labute approximate surface area is 179 Å². The highest BCUT2D eigenvalue weighted by Gasteiger charge is 2.16. The van der Waals surface area contributed by atoms with Gasteiger partial charge < -0.3 is 19.1 Å². The van der Waals surface area contributed by atoms with Gasteiger partial charge in [0.2, 0.25) is 0 Å². The molecule has 0 aliphatic rings. The Bertz CT molecular complexity index is 918. The first-order valence-electron chi connectivity index (χ1n) is 10.2. The molecule has 2 aromatic carbocycles. The Morgan fingerprint density at radius 1 is 0.931 bits per heavy atom. The summed E-state index contributed by atoms with van der Waals surface area (Å²) in [7, 11) is 8.60. The predicted molar refractivity (Wildman–Crippen MR) is 123 cm³/mol. The maximum atomic E-state index is 6.10. The van der Waals surface area contributed by atoms with Gasteiger partial charge in [0.05, 0.1) is 5.69 Å². The lowest BCUT2D eigenvalue weighted by atomic mass is 10.1. The molecule has 29 heavy (non-hydrogen) atoms. The van der Waals surface area contributed by atoms with E-state index < -0.39 is 0 Å². The van der Waals surface area contributed by atoms with Crippen molar-refractivity contribution in [1.29, 1.82) is 0 Å². The molecule has 1 aromatic heterocycles. The first-order valence-corrected chi connectivity index (χ1v) is 10.6. The molecule has 0 N–H and O–H groups in total. The molecule has 0 aliphatic carbocycles. The number of aryl methyl sites for hydroxylation is 1. The average molecular weight is 414 g/mol. The highest BCUT2D eigenvalue weighted by Crippen LogP contribution is 2.27. The van der Waals surface area contributed by atoms with Crippen LogP contribution < -0.4 is 4.74 Å². The molecule has 156 valence electrons. The van der Waals surface area contributed by atoms with Gasteiger partial charge in [-0.3, -0.25) is 0 Å². The third-order valence-corrected chi connectivity index (χ3v) is 5.67. The van der Waals surface area contributed by atoms with Gasteiger partial charge in [0.15, 0.2) is 0 Å². The maximum Gasteiger partial charge on any atom is 0.128 e. The summed E-state index contributed by atoms with van der Waals surface area (Å²) in [4.78, 5) is 4.67. The Morgan fingerprint density at radius 2 is 1.66 bits per heavy atom. The Balaban J connectivity index is 1.74. The summed E-state index contributed by atoms with van der Waals surface area (Å²) in [5.74, 6) is 0.839. The number of aromatic nitrogens is 1. The first kappa shape index (κ1) is 21.7. The summed E-state index contributed by atoms with van der Waals surface area (Å²) in [6, 6.07) is 16.2. The van der Waals surface area contributed by atoms with Gasteiger partial charge in [0.1, 0.15) is 12.4 Å². The van der Waals surface area contributed by atoms with Gasteiger partial charge in [-0.15, -0.1) is 0 Å². The molecule has 3 aromatic rings. The molecule has 1 heterocycles. The molecule has 3 rings (SSSR count). The van der Waals surface area contributed by atoms with Crippen LogP contribution in [0.25, 0.3) is 10.9 Å². The van der Waals surface area contributed by atoms with Gasteiger partial charge >= 0.3 is 0 Å². The number of hydrogen-bond donors (Lipinski definition) is 0. The molecular formula is C24H32ClN3O. The minimum atomic E-state index is 0.548. The highest BCUT2D eigenvalue weighted by atomic mass is 35.5. The second kappa shape index (κ2) is 10.1. The van der Waals surface area contributed by atoms with E-state index in [4.69, 9.17) is 16.3 Å². The highest BCUT2D eigenvalue weighted by molar-refractivity contribution is 6.30. The summed E-state index contributed by atoms with van der Waals surface area (Å²) < 4.78 is 8.37. The molecule has 0 fully saturated rings. The first-order chi connectivity index (χ1) is 14.0. The second-order valence-corrected chi connectivity index (χ2v) is 8.39. The van der Waals surface area contributed by atoms with E-state index >= 15 is 0 Å². The van der Waals surface area contributed by atoms with Gasteiger partial charge in [0, 0.05) is 29.5 Å². The monoisotopic (exact) mass is 413 g/mol. The van der Waals surface area contributed by atoms with Crippen molar-refractivity contribution < 1.29 is 4.74 Å². The van der Waals surface area contributed by atoms with Gasteiger partial charge in [-0.05, 0) is 83.0 Å². The molecule has 0 saturated heterocycles. The lowest BCUT2D eigenvalue weighted by Crippen LogP contribution is -2.26.